The number of H-pyrrole nitrogens is 1. The maximum absolute atomic E-state index is 13.5. The molecule has 1 saturated heterocycles. The summed E-state index contributed by atoms with van der Waals surface area (Å²) in [4.78, 5) is 23.4. The summed E-state index contributed by atoms with van der Waals surface area (Å²) in [5.41, 5.74) is 1.80. The van der Waals surface area contributed by atoms with Crippen LogP contribution in [0.15, 0.2) is 30.6 Å². The number of nitrogens with zero attached hydrogens (tertiary/aromatic N) is 4. The van der Waals surface area contributed by atoms with Gasteiger partial charge in [0.15, 0.2) is 0 Å². The van der Waals surface area contributed by atoms with Crippen molar-refractivity contribution in [2.75, 3.05) is 13.1 Å². The molecule has 25 heavy (non-hydrogen) atoms. The second-order valence-electron chi connectivity index (χ2n) is 6.41. The molecule has 0 unspecified atom stereocenters. The van der Waals surface area contributed by atoms with Crippen LogP contribution in [0.5, 0.6) is 0 Å². The van der Waals surface area contributed by atoms with Crippen molar-refractivity contribution in [2.45, 2.75) is 25.7 Å². The van der Waals surface area contributed by atoms with Crippen LogP contribution in [0, 0.1) is 12.7 Å². The van der Waals surface area contributed by atoms with Crippen LogP contribution >= 0.6 is 0 Å². The zero-order chi connectivity index (χ0) is 17.4. The Kier molecular flexibility index (Phi) is 3.91. The molecule has 0 atom stereocenters. The third-order valence-electron chi connectivity index (χ3n) is 4.73. The van der Waals surface area contributed by atoms with Gasteiger partial charge in [0, 0.05) is 36.2 Å². The Bertz CT molecular complexity index is 911. The smallest absolute Gasteiger partial charge is 0.254 e. The van der Waals surface area contributed by atoms with Crippen LogP contribution in [-0.4, -0.2) is 44.1 Å². The summed E-state index contributed by atoms with van der Waals surface area (Å²) in [6.07, 6.45) is 3.20. The first-order valence-electron chi connectivity index (χ1n) is 8.33. The number of nitrogens with one attached hydrogen (secondary N) is 1. The van der Waals surface area contributed by atoms with E-state index in [1.807, 2.05) is 11.8 Å². The normalized spacial score (nSPS) is 15.7. The number of carbonyl (C=O) groups excluding carboxylic acids is 1. The lowest BCUT2D eigenvalue weighted by Crippen LogP contribution is -2.38. The molecule has 1 aromatic carbocycles. The highest BCUT2D eigenvalue weighted by Crippen LogP contribution is 2.27. The highest BCUT2D eigenvalue weighted by atomic mass is 19.1. The molecule has 3 heterocycles. The second-order valence-corrected chi connectivity index (χ2v) is 6.41. The third-order valence-corrected chi connectivity index (χ3v) is 4.73. The van der Waals surface area contributed by atoms with Crippen molar-refractivity contribution in [2.24, 2.45) is 0 Å². The van der Waals surface area contributed by atoms with Gasteiger partial charge < -0.3 is 4.90 Å². The van der Waals surface area contributed by atoms with E-state index in [-0.39, 0.29) is 11.7 Å². The molecule has 1 aliphatic heterocycles. The maximum Gasteiger partial charge on any atom is 0.254 e. The Labute approximate surface area is 144 Å². The Hall–Kier alpha value is -2.83. The number of piperidine rings is 1. The van der Waals surface area contributed by atoms with Gasteiger partial charge in [-0.2, -0.15) is 5.10 Å². The molecule has 0 radical (unpaired) electrons. The lowest BCUT2D eigenvalue weighted by molar-refractivity contribution is 0.0713. The molecule has 0 saturated carbocycles. The summed E-state index contributed by atoms with van der Waals surface area (Å²) in [7, 11) is 0. The van der Waals surface area contributed by atoms with Gasteiger partial charge >= 0.3 is 0 Å². The highest BCUT2D eigenvalue weighted by molar-refractivity contribution is 6.06. The summed E-state index contributed by atoms with van der Waals surface area (Å²) in [5.74, 6) is 0.805. The molecule has 1 fully saturated rings. The predicted octanol–water partition coefficient (Wildman–Crippen LogP) is 2.82. The van der Waals surface area contributed by atoms with Crippen LogP contribution in [0.2, 0.25) is 0 Å². The number of aryl methyl sites for hydroxylation is 1. The number of carbonyl (C=O) groups is 1. The standard InChI is InChI=1S/C18H18FN5O/c1-11-8-15(14-3-2-13(19)9-16(14)22-11)18(25)24-6-4-12(5-7-24)17-20-10-21-23-17/h2-3,8-10,12H,4-7H2,1H3,(H,20,21,23). The topological polar surface area (TPSA) is 74.8 Å². The van der Waals surface area contributed by atoms with Gasteiger partial charge in [-0.15, -0.1) is 0 Å². The fraction of sp³-hybridized carbons (Fsp3) is 0.333. The van der Waals surface area contributed by atoms with Crippen molar-refractivity contribution >= 4 is 16.8 Å². The van der Waals surface area contributed by atoms with Crippen molar-refractivity contribution in [1.29, 1.82) is 0 Å². The number of aromatic amines is 1. The second kappa shape index (κ2) is 6.23. The predicted molar refractivity (Wildman–Crippen MR) is 90.7 cm³/mol. The Morgan fingerprint density at radius 3 is 2.80 bits per heavy atom. The molecule has 4 rings (SSSR count). The maximum atomic E-state index is 13.5. The lowest BCUT2D eigenvalue weighted by atomic mass is 9.95. The molecule has 3 aromatic rings. The van der Waals surface area contributed by atoms with Gasteiger partial charge in [-0.25, -0.2) is 9.37 Å². The first-order chi connectivity index (χ1) is 12.1. The van der Waals surface area contributed by atoms with Crippen molar-refractivity contribution in [3.05, 3.63) is 53.5 Å². The van der Waals surface area contributed by atoms with E-state index in [1.54, 1.807) is 12.1 Å². The Morgan fingerprint density at radius 2 is 2.08 bits per heavy atom. The van der Waals surface area contributed by atoms with Crippen LogP contribution in [0.25, 0.3) is 10.9 Å². The SMILES string of the molecule is Cc1cc(C(=O)N2CCC(c3ncn[nH]3)CC2)c2ccc(F)cc2n1. The number of halogens is 1. The molecule has 1 amide bonds. The average molecular weight is 339 g/mol. The minimum atomic E-state index is -0.350. The minimum Gasteiger partial charge on any atom is -0.339 e. The van der Waals surface area contributed by atoms with Crippen molar-refractivity contribution in [3.8, 4) is 0 Å². The Morgan fingerprint density at radius 1 is 1.28 bits per heavy atom. The molecular weight excluding hydrogens is 321 g/mol. The first kappa shape index (κ1) is 15.7. The Balaban J connectivity index is 1.58. The molecule has 0 spiro atoms. The van der Waals surface area contributed by atoms with Gasteiger partial charge in [0.25, 0.3) is 5.91 Å². The van der Waals surface area contributed by atoms with Gasteiger partial charge in [0.2, 0.25) is 0 Å². The molecule has 128 valence electrons. The first-order valence-corrected chi connectivity index (χ1v) is 8.33. The zero-order valence-corrected chi connectivity index (χ0v) is 13.9. The summed E-state index contributed by atoms with van der Waals surface area (Å²) in [5, 5.41) is 7.50. The number of benzene rings is 1. The van der Waals surface area contributed by atoms with E-state index >= 15 is 0 Å². The fourth-order valence-corrected chi connectivity index (χ4v) is 3.45. The monoisotopic (exact) mass is 339 g/mol. The third kappa shape index (κ3) is 2.97. The number of rotatable bonds is 2. The quantitative estimate of drug-likeness (QED) is 0.779. The van der Waals surface area contributed by atoms with E-state index in [0.717, 1.165) is 18.7 Å². The lowest BCUT2D eigenvalue weighted by Gasteiger charge is -2.31. The summed E-state index contributed by atoms with van der Waals surface area (Å²) >= 11 is 0. The molecule has 0 aliphatic carbocycles. The van der Waals surface area contributed by atoms with Gasteiger partial charge in [-0.05, 0) is 38.0 Å². The van der Waals surface area contributed by atoms with Gasteiger partial charge in [0.1, 0.15) is 18.0 Å². The van der Waals surface area contributed by atoms with Gasteiger partial charge in [-0.1, -0.05) is 0 Å². The van der Waals surface area contributed by atoms with Crippen molar-refractivity contribution in [3.63, 3.8) is 0 Å². The number of fused-ring (bicyclic) bond motifs is 1. The van der Waals surface area contributed by atoms with Crippen molar-refractivity contribution in [1.82, 2.24) is 25.1 Å². The number of hydrogen-bond acceptors (Lipinski definition) is 4. The highest BCUT2D eigenvalue weighted by Gasteiger charge is 2.27. The van der Waals surface area contributed by atoms with Crippen LogP contribution in [0.4, 0.5) is 4.39 Å². The van der Waals surface area contributed by atoms with E-state index in [4.69, 9.17) is 0 Å². The van der Waals surface area contributed by atoms with Crippen LogP contribution in [-0.2, 0) is 0 Å². The molecule has 1 aliphatic rings. The number of aromatic nitrogens is 4. The van der Waals surface area contributed by atoms with Crippen LogP contribution in [0.1, 0.15) is 40.6 Å². The number of hydrogen-bond donors (Lipinski definition) is 1. The average Bonchev–Trinajstić information content (AvgIpc) is 3.15. The summed E-state index contributed by atoms with van der Waals surface area (Å²) < 4.78 is 13.5. The molecule has 0 bridgehead atoms. The molecule has 7 heteroatoms. The molecular formula is C18H18FN5O. The molecule has 6 nitrogen and oxygen atoms in total. The van der Waals surface area contributed by atoms with E-state index in [1.165, 1.54) is 18.5 Å². The zero-order valence-electron chi connectivity index (χ0n) is 13.9. The largest absolute Gasteiger partial charge is 0.339 e. The van der Waals surface area contributed by atoms with E-state index in [9.17, 15) is 9.18 Å². The number of pyridine rings is 1. The van der Waals surface area contributed by atoms with E-state index in [2.05, 4.69) is 20.2 Å². The minimum absolute atomic E-state index is 0.0295. The van der Waals surface area contributed by atoms with E-state index < -0.39 is 0 Å². The molecule has 2 aromatic heterocycles. The van der Waals surface area contributed by atoms with Crippen molar-refractivity contribution < 1.29 is 9.18 Å². The van der Waals surface area contributed by atoms with Gasteiger partial charge in [-0.3, -0.25) is 14.9 Å². The fourth-order valence-electron chi connectivity index (χ4n) is 3.45. The summed E-state index contributed by atoms with van der Waals surface area (Å²) in [6.45, 7) is 3.14. The summed E-state index contributed by atoms with van der Waals surface area (Å²) in [6, 6.07) is 6.15. The van der Waals surface area contributed by atoms with Crippen LogP contribution in [0.3, 0.4) is 0 Å². The van der Waals surface area contributed by atoms with Gasteiger partial charge in [0.05, 0.1) is 11.1 Å². The van der Waals surface area contributed by atoms with E-state index in [0.29, 0.717) is 41.2 Å². The number of amides is 1. The van der Waals surface area contributed by atoms with Crippen LogP contribution < -0.4 is 0 Å². The number of likely N-dealkylation sites (tertiary alicyclic amines) is 1. The molecule has 1 N–H and O–H groups in total.